The van der Waals surface area contributed by atoms with Crippen molar-refractivity contribution in [1.82, 2.24) is 9.97 Å². The van der Waals surface area contributed by atoms with Crippen LogP contribution in [-0.4, -0.2) is 61.3 Å². The van der Waals surface area contributed by atoms with Gasteiger partial charge in [-0.1, -0.05) is 0 Å². The van der Waals surface area contributed by atoms with Crippen LogP contribution in [0.1, 0.15) is 6.92 Å². The molecule has 0 N–H and O–H groups in total. The van der Waals surface area contributed by atoms with E-state index in [-0.39, 0.29) is 45.0 Å². The fraction of sp³-hybridized carbons (Fsp3) is 0.429. The molecule has 12 heavy (non-hydrogen) atoms. The van der Waals surface area contributed by atoms with Gasteiger partial charge in [0.05, 0.1) is 0 Å². The molecule has 62 valence electrons. The molecule has 0 saturated carbocycles. The normalized spacial score (nSPS) is 9.17. The van der Waals surface area contributed by atoms with Gasteiger partial charge in [-0.15, -0.1) is 0 Å². The summed E-state index contributed by atoms with van der Waals surface area (Å²) in [6.07, 6.45) is 3.88. The van der Waals surface area contributed by atoms with Crippen molar-refractivity contribution in [2.24, 2.45) is 0 Å². The van der Waals surface area contributed by atoms with E-state index in [4.69, 9.17) is 0 Å². The van der Waals surface area contributed by atoms with E-state index in [0.29, 0.717) is 0 Å². The largest absolute Gasteiger partial charge is 0 e. The standard InChI is InChI=1S/C5H5N2S.C2H5.2Sn/c1-8-5-6-3-2-4-7-5;1-2;;/h2-3H,1H3;1H2,2H3;;. The van der Waals surface area contributed by atoms with E-state index in [0.717, 1.165) is 5.16 Å². The molecule has 0 aliphatic rings. The third-order valence-electron chi connectivity index (χ3n) is 1.17. The molecule has 0 atom stereocenters. The van der Waals surface area contributed by atoms with Gasteiger partial charge < -0.3 is 0 Å². The predicted molar refractivity (Wildman–Crippen MR) is 55.4 cm³/mol. The Balaban J connectivity index is 0.00000121. The second kappa shape index (κ2) is 7.43. The average molecular weight is 392 g/mol. The third kappa shape index (κ3) is 4.32. The van der Waals surface area contributed by atoms with Crippen LogP contribution in [-0.2, 0) is 0 Å². The zero-order valence-electron chi connectivity index (χ0n) is 7.16. The molecule has 2 nitrogen and oxygen atoms in total. The van der Waals surface area contributed by atoms with E-state index in [1.165, 1.54) is 8.15 Å². The van der Waals surface area contributed by atoms with Gasteiger partial charge in [0, 0.05) is 23.9 Å². The minimum Gasteiger partial charge on any atom is 0 e. The molecule has 0 aliphatic heterocycles. The maximum Gasteiger partial charge on any atom is 0 e. The number of aromatic nitrogens is 2. The summed E-state index contributed by atoms with van der Waals surface area (Å²) in [7, 11) is 0. The number of rotatable bonds is 3. The van der Waals surface area contributed by atoms with Gasteiger partial charge in [0.25, 0.3) is 0 Å². The summed E-state index contributed by atoms with van der Waals surface area (Å²) in [6, 6.07) is 2.05. The zero-order chi connectivity index (χ0) is 8.10. The Bertz CT molecular complexity index is 232. The van der Waals surface area contributed by atoms with Gasteiger partial charge in [-0.25, -0.2) is 0 Å². The average Bonchev–Trinajstić information content (AvgIpc) is 2.06. The maximum absolute atomic E-state index is 4.41. The number of hydrogen-bond acceptors (Lipinski definition) is 3. The van der Waals surface area contributed by atoms with Crippen molar-refractivity contribution in [1.29, 1.82) is 0 Å². The summed E-state index contributed by atoms with van der Waals surface area (Å²) >= 11 is 1.26. The van der Waals surface area contributed by atoms with Gasteiger partial charge in [-0.05, 0) is 0 Å². The van der Waals surface area contributed by atoms with Crippen LogP contribution in [0.15, 0.2) is 17.4 Å². The molecule has 1 aromatic rings. The Kier molecular flexibility index (Phi) is 8.07. The van der Waals surface area contributed by atoms with Crippen molar-refractivity contribution >= 4 is 60.5 Å². The first-order chi connectivity index (χ1) is 5.36. The molecule has 0 amide bonds. The van der Waals surface area contributed by atoms with Crippen LogP contribution < -0.4 is 3.71 Å². The number of nitrogens with zero attached hydrogens (tertiary/aromatic N) is 2. The van der Waals surface area contributed by atoms with Crippen molar-refractivity contribution in [2.75, 3.05) is 6.26 Å². The van der Waals surface area contributed by atoms with Gasteiger partial charge in [-0.2, -0.15) is 0 Å². The van der Waals surface area contributed by atoms with Gasteiger partial charge in [0.2, 0.25) is 0 Å². The molecular weight excluding hydrogens is 382 g/mol. The Morgan fingerprint density at radius 2 is 2.33 bits per heavy atom. The molecule has 6 radical (unpaired) electrons. The fourth-order valence-electron chi connectivity index (χ4n) is 0.719. The van der Waals surface area contributed by atoms with Crippen molar-refractivity contribution in [2.45, 2.75) is 16.5 Å². The first kappa shape index (κ1) is 13.0. The summed E-state index contributed by atoms with van der Waals surface area (Å²) < 4.78 is 2.63. The molecule has 0 unspecified atom stereocenters. The Morgan fingerprint density at radius 1 is 1.58 bits per heavy atom. The third-order valence-corrected chi connectivity index (χ3v) is 4.57. The maximum atomic E-state index is 4.41. The van der Waals surface area contributed by atoms with Crippen LogP contribution in [0.2, 0.25) is 4.44 Å². The number of thioether (sulfide) groups is 1. The first-order valence-electron chi connectivity index (χ1n) is 3.47. The zero-order valence-corrected chi connectivity index (χ0v) is 13.7. The summed E-state index contributed by atoms with van der Waals surface area (Å²) in [5.74, 6) is 0. The topological polar surface area (TPSA) is 25.8 Å². The van der Waals surface area contributed by atoms with Crippen molar-refractivity contribution in [3.8, 4) is 0 Å². The minimum atomic E-state index is -0.353. The molecule has 0 fully saturated rings. The first-order valence-corrected chi connectivity index (χ1v) is 8.14. The van der Waals surface area contributed by atoms with Gasteiger partial charge >= 0.3 is 81.6 Å². The molecule has 0 aliphatic carbocycles. The van der Waals surface area contributed by atoms with Crippen LogP contribution in [0.4, 0.5) is 0 Å². The van der Waals surface area contributed by atoms with Crippen LogP contribution in [0.5, 0.6) is 0 Å². The van der Waals surface area contributed by atoms with E-state index in [9.17, 15) is 0 Å². The Labute approximate surface area is 105 Å². The predicted octanol–water partition coefficient (Wildman–Crippen LogP) is 0.585. The summed E-state index contributed by atoms with van der Waals surface area (Å²) in [4.78, 5) is 8.53. The van der Waals surface area contributed by atoms with E-state index in [2.05, 4.69) is 23.0 Å². The monoisotopic (exact) mass is 394 g/mol. The van der Waals surface area contributed by atoms with Crippen LogP contribution in [0, 0.1) is 0 Å². The van der Waals surface area contributed by atoms with E-state index < -0.39 is 0 Å². The van der Waals surface area contributed by atoms with Gasteiger partial charge in [0.15, 0.2) is 0 Å². The summed E-state index contributed by atoms with van der Waals surface area (Å²) in [6.45, 7) is 2.23. The SMILES string of the molecule is C[CH2][Sn][c]1ccnc(SC)n1.[Sn]. The minimum absolute atomic E-state index is 0. The van der Waals surface area contributed by atoms with Gasteiger partial charge in [0.1, 0.15) is 0 Å². The van der Waals surface area contributed by atoms with Crippen LogP contribution in [0.3, 0.4) is 0 Å². The van der Waals surface area contributed by atoms with Gasteiger partial charge in [-0.3, -0.25) is 0 Å². The second-order valence-electron chi connectivity index (χ2n) is 1.96. The number of hydrogen-bond donors (Lipinski definition) is 0. The molecule has 0 aromatic carbocycles. The molecule has 0 saturated heterocycles. The Hall–Kier alpha value is 1.03. The quantitative estimate of drug-likeness (QED) is 0.428. The molecule has 1 heterocycles. The Morgan fingerprint density at radius 3 is 2.92 bits per heavy atom. The van der Waals surface area contributed by atoms with Crippen LogP contribution >= 0.6 is 11.8 Å². The van der Waals surface area contributed by atoms with Crippen molar-refractivity contribution in [3.05, 3.63) is 12.3 Å². The molecule has 0 spiro atoms. The van der Waals surface area contributed by atoms with Crippen LogP contribution in [0.25, 0.3) is 0 Å². The molecule has 1 aromatic heterocycles. The molecular formula is C7H10N2SSn2. The van der Waals surface area contributed by atoms with E-state index >= 15 is 0 Å². The summed E-state index contributed by atoms with van der Waals surface area (Å²) in [5, 5.41) is 0.914. The smallest absolute Gasteiger partial charge is 0 e. The summed E-state index contributed by atoms with van der Waals surface area (Å²) in [5.41, 5.74) is 0. The van der Waals surface area contributed by atoms with E-state index in [1.54, 1.807) is 11.8 Å². The molecule has 5 heteroatoms. The van der Waals surface area contributed by atoms with Crippen molar-refractivity contribution < 1.29 is 0 Å². The fourth-order valence-corrected chi connectivity index (χ4v) is 3.42. The van der Waals surface area contributed by atoms with E-state index in [1.807, 2.05) is 12.5 Å². The molecule has 1 rings (SSSR count). The second-order valence-corrected chi connectivity index (χ2v) is 7.22. The van der Waals surface area contributed by atoms with Crippen molar-refractivity contribution in [3.63, 3.8) is 0 Å². The molecule has 0 bridgehead atoms.